The zero-order valence-corrected chi connectivity index (χ0v) is 12.3. The summed E-state index contributed by atoms with van der Waals surface area (Å²) in [6, 6.07) is 6.60. The van der Waals surface area contributed by atoms with Gasteiger partial charge < -0.3 is 14.9 Å². The topological polar surface area (TPSA) is 92.4 Å². The fraction of sp³-hybridized carbons (Fsp3) is 0.267. The normalized spacial score (nSPS) is 16.9. The number of nitrogens with zero attached hydrogens (tertiary/aromatic N) is 1. The van der Waals surface area contributed by atoms with Crippen LogP contribution in [-0.2, 0) is 6.42 Å². The van der Waals surface area contributed by atoms with E-state index in [1.807, 2.05) is 18.2 Å². The fourth-order valence-electron chi connectivity index (χ4n) is 2.64. The van der Waals surface area contributed by atoms with Crippen LogP contribution in [0, 0.1) is 0 Å². The van der Waals surface area contributed by atoms with Gasteiger partial charge in [0.2, 0.25) is 5.76 Å². The lowest BCUT2D eigenvalue weighted by Crippen LogP contribution is -2.31. The Bertz CT molecular complexity index is 741. The first kappa shape index (κ1) is 14.6. The van der Waals surface area contributed by atoms with Gasteiger partial charge in [-0.25, -0.2) is 4.79 Å². The van der Waals surface area contributed by atoms with E-state index in [-0.39, 0.29) is 17.5 Å². The molecule has 114 valence electrons. The van der Waals surface area contributed by atoms with Crippen LogP contribution in [-0.4, -0.2) is 22.1 Å². The van der Waals surface area contributed by atoms with Crippen molar-refractivity contribution < 1.29 is 19.2 Å². The minimum absolute atomic E-state index is 0.0495. The first-order chi connectivity index (χ1) is 10.5. The average molecular weight is 321 g/mol. The van der Waals surface area contributed by atoms with Crippen LogP contribution in [0.3, 0.4) is 0 Å². The van der Waals surface area contributed by atoms with E-state index in [2.05, 4.69) is 15.0 Å². The predicted octanol–water partition coefficient (Wildman–Crippen LogP) is 2.83. The van der Waals surface area contributed by atoms with E-state index in [0.717, 1.165) is 36.5 Å². The van der Waals surface area contributed by atoms with Crippen molar-refractivity contribution in [2.45, 2.75) is 25.3 Å². The van der Waals surface area contributed by atoms with Gasteiger partial charge in [-0.2, -0.15) is 0 Å². The van der Waals surface area contributed by atoms with Crippen molar-refractivity contribution in [1.29, 1.82) is 0 Å². The van der Waals surface area contributed by atoms with E-state index >= 15 is 0 Å². The molecule has 1 aliphatic rings. The van der Waals surface area contributed by atoms with Gasteiger partial charge in [0.1, 0.15) is 0 Å². The Morgan fingerprint density at radius 1 is 1.36 bits per heavy atom. The highest BCUT2D eigenvalue weighted by atomic mass is 35.5. The second-order valence-electron chi connectivity index (χ2n) is 5.14. The van der Waals surface area contributed by atoms with Crippen LogP contribution in [0.4, 0.5) is 0 Å². The molecule has 1 amide bonds. The average Bonchev–Trinajstić information content (AvgIpc) is 2.98. The summed E-state index contributed by atoms with van der Waals surface area (Å²) in [6.45, 7) is 0. The van der Waals surface area contributed by atoms with Gasteiger partial charge >= 0.3 is 5.97 Å². The highest BCUT2D eigenvalue weighted by molar-refractivity contribution is 6.30. The van der Waals surface area contributed by atoms with Crippen LogP contribution in [0.2, 0.25) is 5.02 Å². The molecule has 3 rings (SSSR count). The van der Waals surface area contributed by atoms with Gasteiger partial charge in [-0.05, 0) is 42.5 Å². The third-order valence-corrected chi connectivity index (χ3v) is 3.92. The molecule has 2 N–H and O–H groups in total. The molecule has 0 radical (unpaired) electrons. The third kappa shape index (κ3) is 2.82. The molecule has 0 aliphatic heterocycles. The van der Waals surface area contributed by atoms with Gasteiger partial charge in [-0.3, -0.25) is 4.79 Å². The largest absolute Gasteiger partial charge is 0.475 e. The Morgan fingerprint density at radius 2 is 2.18 bits per heavy atom. The number of nitrogens with one attached hydrogen (secondary N) is 1. The third-order valence-electron chi connectivity index (χ3n) is 3.68. The van der Waals surface area contributed by atoms with E-state index in [9.17, 15) is 9.59 Å². The molecule has 22 heavy (non-hydrogen) atoms. The number of rotatable bonds is 3. The maximum atomic E-state index is 12.2. The Kier molecular flexibility index (Phi) is 3.85. The summed E-state index contributed by atoms with van der Waals surface area (Å²) in [5, 5.41) is 15.7. The number of aromatic nitrogens is 1. The maximum Gasteiger partial charge on any atom is 0.374 e. The van der Waals surface area contributed by atoms with Crippen molar-refractivity contribution >= 4 is 23.5 Å². The lowest BCUT2D eigenvalue weighted by Gasteiger charge is -2.26. The SMILES string of the molecule is O=C(N[C@H]1CCCc2ccc(Cl)cc21)c1cc(C(=O)O)on1. The molecular weight excluding hydrogens is 308 g/mol. The number of hydrogen-bond donors (Lipinski definition) is 2. The quantitative estimate of drug-likeness (QED) is 0.907. The van der Waals surface area contributed by atoms with E-state index in [0.29, 0.717) is 5.02 Å². The van der Waals surface area contributed by atoms with Crippen molar-refractivity contribution in [2.24, 2.45) is 0 Å². The highest BCUT2D eigenvalue weighted by Gasteiger charge is 2.24. The summed E-state index contributed by atoms with van der Waals surface area (Å²) in [5.74, 6) is -2.09. The standard InChI is InChI=1S/C15H13ClN2O4/c16-9-5-4-8-2-1-3-11(10(8)6-9)17-14(19)12-7-13(15(20)21)22-18-12/h4-7,11H,1-3H2,(H,17,19)(H,20,21)/t11-/m0/s1. The van der Waals surface area contributed by atoms with E-state index < -0.39 is 11.9 Å². The Hall–Kier alpha value is -2.34. The van der Waals surface area contributed by atoms with Crippen molar-refractivity contribution in [3.8, 4) is 0 Å². The zero-order chi connectivity index (χ0) is 15.7. The van der Waals surface area contributed by atoms with E-state index in [1.165, 1.54) is 0 Å². The lowest BCUT2D eigenvalue weighted by molar-refractivity contribution is 0.0651. The Labute approximate surface area is 131 Å². The molecule has 1 aromatic carbocycles. The first-order valence-corrected chi connectivity index (χ1v) is 7.21. The minimum atomic E-state index is -1.26. The number of aromatic carboxylic acids is 1. The molecule has 1 aromatic heterocycles. The molecule has 0 saturated carbocycles. The number of amides is 1. The first-order valence-electron chi connectivity index (χ1n) is 6.84. The lowest BCUT2D eigenvalue weighted by atomic mass is 9.87. The number of carbonyl (C=O) groups is 2. The van der Waals surface area contributed by atoms with Gasteiger partial charge in [-0.15, -0.1) is 0 Å². The summed E-state index contributed by atoms with van der Waals surface area (Å²) in [6.07, 6.45) is 2.70. The molecule has 1 aliphatic carbocycles. The van der Waals surface area contributed by atoms with Gasteiger partial charge in [0.15, 0.2) is 5.69 Å². The molecule has 0 bridgehead atoms. The summed E-state index contributed by atoms with van der Waals surface area (Å²) in [5.41, 5.74) is 2.10. The van der Waals surface area contributed by atoms with Crippen LogP contribution in [0.25, 0.3) is 0 Å². The molecule has 2 aromatic rings. The number of hydrogen-bond acceptors (Lipinski definition) is 4. The molecule has 1 atom stereocenters. The van der Waals surface area contributed by atoms with E-state index in [1.54, 1.807) is 0 Å². The Balaban J connectivity index is 1.80. The number of carboxylic acids is 1. The molecule has 1 heterocycles. The van der Waals surface area contributed by atoms with Crippen LogP contribution >= 0.6 is 11.6 Å². The van der Waals surface area contributed by atoms with Crippen molar-refractivity contribution in [1.82, 2.24) is 10.5 Å². The predicted molar refractivity (Wildman–Crippen MR) is 78.1 cm³/mol. The number of fused-ring (bicyclic) bond motifs is 1. The van der Waals surface area contributed by atoms with Crippen molar-refractivity contribution in [3.63, 3.8) is 0 Å². The number of carbonyl (C=O) groups excluding carboxylic acids is 1. The smallest absolute Gasteiger partial charge is 0.374 e. The number of benzene rings is 1. The molecule has 0 saturated heterocycles. The number of halogens is 1. The zero-order valence-electron chi connectivity index (χ0n) is 11.5. The molecule has 7 heteroatoms. The summed E-state index contributed by atoms with van der Waals surface area (Å²) < 4.78 is 4.59. The second kappa shape index (κ2) is 5.81. The summed E-state index contributed by atoms with van der Waals surface area (Å²) >= 11 is 6.03. The van der Waals surface area contributed by atoms with Gasteiger partial charge in [0.05, 0.1) is 6.04 Å². The second-order valence-corrected chi connectivity index (χ2v) is 5.58. The number of carboxylic acid groups (broad SMARTS) is 1. The van der Waals surface area contributed by atoms with Crippen LogP contribution in [0.15, 0.2) is 28.8 Å². The van der Waals surface area contributed by atoms with Crippen molar-refractivity contribution in [2.75, 3.05) is 0 Å². The molecule has 6 nitrogen and oxygen atoms in total. The minimum Gasteiger partial charge on any atom is -0.475 e. The monoisotopic (exact) mass is 320 g/mol. The van der Waals surface area contributed by atoms with Crippen LogP contribution in [0.5, 0.6) is 0 Å². The summed E-state index contributed by atoms with van der Waals surface area (Å²) in [4.78, 5) is 22.9. The number of aryl methyl sites for hydroxylation is 1. The highest BCUT2D eigenvalue weighted by Crippen LogP contribution is 2.31. The molecule has 0 fully saturated rings. The van der Waals surface area contributed by atoms with Crippen LogP contribution < -0.4 is 5.32 Å². The molecule has 0 spiro atoms. The van der Waals surface area contributed by atoms with E-state index in [4.69, 9.17) is 16.7 Å². The van der Waals surface area contributed by atoms with Gasteiger partial charge in [0, 0.05) is 11.1 Å². The van der Waals surface area contributed by atoms with Gasteiger partial charge in [-0.1, -0.05) is 22.8 Å². The fourth-order valence-corrected chi connectivity index (χ4v) is 2.82. The van der Waals surface area contributed by atoms with Gasteiger partial charge in [0.25, 0.3) is 5.91 Å². The summed E-state index contributed by atoms with van der Waals surface area (Å²) in [7, 11) is 0. The maximum absolute atomic E-state index is 12.2. The van der Waals surface area contributed by atoms with Crippen LogP contribution in [0.1, 0.15) is 51.1 Å². The van der Waals surface area contributed by atoms with Crippen molar-refractivity contribution in [3.05, 3.63) is 51.9 Å². The Morgan fingerprint density at radius 3 is 2.91 bits per heavy atom. The molecular formula is C15H13ClN2O4. The molecule has 0 unspecified atom stereocenters.